The Balaban J connectivity index is 1.55. The summed E-state index contributed by atoms with van der Waals surface area (Å²) in [6.07, 6.45) is 1.63. The molecule has 4 aromatic rings. The zero-order chi connectivity index (χ0) is 21.2. The lowest BCUT2D eigenvalue weighted by Crippen LogP contribution is -2.47. The van der Waals surface area contributed by atoms with Crippen molar-refractivity contribution in [2.45, 2.75) is 0 Å². The van der Waals surface area contributed by atoms with Crippen molar-refractivity contribution in [3.8, 4) is 0 Å². The summed E-state index contributed by atoms with van der Waals surface area (Å²) in [7, 11) is 0. The van der Waals surface area contributed by atoms with Gasteiger partial charge in [0.1, 0.15) is 5.82 Å². The molecule has 0 radical (unpaired) electrons. The third kappa shape index (κ3) is 3.75. The van der Waals surface area contributed by atoms with Gasteiger partial charge in [-0.2, -0.15) is 0 Å². The number of benzene rings is 3. The number of hydrogen-bond acceptors (Lipinski definition) is 4. The minimum atomic E-state index is -0.331. The fourth-order valence-electron chi connectivity index (χ4n) is 4.23. The fourth-order valence-corrected chi connectivity index (χ4v) is 4.23. The van der Waals surface area contributed by atoms with E-state index in [-0.39, 0.29) is 11.6 Å². The third-order valence-electron chi connectivity index (χ3n) is 5.80. The lowest BCUT2D eigenvalue weighted by Gasteiger charge is -2.38. The lowest BCUT2D eigenvalue weighted by molar-refractivity contribution is 0.103. The van der Waals surface area contributed by atoms with Gasteiger partial charge in [-0.05, 0) is 30.3 Å². The molecule has 0 unspecified atom stereocenters. The highest BCUT2D eigenvalue weighted by molar-refractivity contribution is 6.16. The average Bonchev–Trinajstić information content (AvgIpc) is 2.84. The van der Waals surface area contributed by atoms with E-state index < -0.39 is 0 Å². The molecule has 0 bridgehead atoms. The van der Waals surface area contributed by atoms with E-state index in [1.165, 1.54) is 17.8 Å². The van der Waals surface area contributed by atoms with E-state index in [0.717, 1.165) is 31.9 Å². The first-order valence-corrected chi connectivity index (χ1v) is 10.4. The zero-order valence-electron chi connectivity index (χ0n) is 17.0. The molecule has 1 saturated heterocycles. The second-order valence-electron chi connectivity index (χ2n) is 7.69. The number of halogens is 1. The number of carbonyl (C=O) groups is 1. The van der Waals surface area contributed by atoms with Crippen molar-refractivity contribution in [1.29, 1.82) is 0 Å². The highest BCUT2D eigenvalue weighted by Gasteiger charge is 2.25. The molecule has 0 saturated carbocycles. The Bertz CT molecular complexity index is 1220. The van der Waals surface area contributed by atoms with Crippen molar-refractivity contribution < 1.29 is 9.18 Å². The molecule has 0 aliphatic carbocycles. The summed E-state index contributed by atoms with van der Waals surface area (Å²) in [6, 6.07) is 24.1. The predicted octanol–water partition coefficient (Wildman–Crippen LogP) is 4.93. The van der Waals surface area contributed by atoms with Crippen LogP contribution in [0.25, 0.3) is 10.9 Å². The Morgan fingerprint density at radius 2 is 1.45 bits per heavy atom. The van der Waals surface area contributed by atoms with Gasteiger partial charge in [-0.25, -0.2) is 4.39 Å². The van der Waals surface area contributed by atoms with E-state index in [1.54, 1.807) is 24.4 Å². The van der Waals surface area contributed by atoms with Crippen LogP contribution in [-0.2, 0) is 0 Å². The minimum Gasteiger partial charge on any atom is -0.368 e. The van der Waals surface area contributed by atoms with Gasteiger partial charge >= 0.3 is 0 Å². The van der Waals surface area contributed by atoms with Crippen LogP contribution in [0.1, 0.15) is 15.9 Å². The molecule has 4 nitrogen and oxygen atoms in total. The summed E-state index contributed by atoms with van der Waals surface area (Å²) < 4.78 is 14.2. The van der Waals surface area contributed by atoms with Crippen molar-refractivity contribution in [2.24, 2.45) is 0 Å². The summed E-state index contributed by atoms with van der Waals surface area (Å²) in [5.41, 5.74) is 3.76. The van der Waals surface area contributed by atoms with Gasteiger partial charge in [0.05, 0.1) is 16.8 Å². The van der Waals surface area contributed by atoms with Crippen LogP contribution in [0.3, 0.4) is 0 Å². The number of aromatic nitrogens is 1. The molecule has 0 spiro atoms. The van der Waals surface area contributed by atoms with E-state index in [2.05, 4.69) is 26.9 Å². The number of rotatable bonds is 4. The quantitative estimate of drug-likeness (QED) is 0.446. The number of anilines is 2. The molecule has 0 atom stereocenters. The van der Waals surface area contributed by atoms with Gasteiger partial charge in [-0.15, -0.1) is 0 Å². The van der Waals surface area contributed by atoms with Crippen LogP contribution < -0.4 is 9.80 Å². The van der Waals surface area contributed by atoms with Crippen LogP contribution in [0.15, 0.2) is 85.1 Å². The Hall–Kier alpha value is -3.73. The first-order valence-electron chi connectivity index (χ1n) is 10.4. The number of pyridine rings is 1. The SMILES string of the molecule is O=C(c1ccccc1)c1cnc2ccc(F)cc2c1N1CCN(c2ccccc2)CC1. The van der Waals surface area contributed by atoms with Gasteiger partial charge in [0.15, 0.2) is 5.78 Å². The lowest BCUT2D eigenvalue weighted by atomic mass is 9.99. The van der Waals surface area contributed by atoms with E-state index in [0.29, 0.717) is 22.0 Å². The number of carbonyl (C=O) groups excluding carboxylic acids is 1. The van der Waals surface area contributed by atoms with Crippen LogP contribution >= 0.6 is 0 Å². The van der Waals surface area contributed by atoms with Crippen LogP contribution in [0.2, 0.25) is 0 Å². The molecule has 5 heteroatoms. The van der Waals surface area contributed by atoms with E-state index in [9.17, 15) is 9.18 Å². The maximum atomic E-state index is 14.2. The standard InChI is InChI=1S/C26H22FN3O/c27-20-11-12-24-22(17-20)25(23(18-28-24)26(31)19-7-3-1-4-8-19)30-15-13-29(14-16-30)21-9-5-2-6-10-21/h1-12,17-18H,13-16H2. The van der Waals surface area contributed by atoms with Gasteiger partial charge in [-0.1, -0.05) is 48.5 Å². The normalized spacial score (nSPS) is 14.1. The molecule has 1 aliphatic rings. The summed E-state index contributed by atoms with van der Waals surface area (Å²) in [4.78, 5) is 22.3. The minimum absolute atomic E-state index is 0.0975. The summed E-state index contributed by atoms with van der Waals surface area (Å²) in [6.45, 7) is 3.11. The van der Waals surface area contributed by atoms with Crippen molar-refractivity contribution >= 4 is 28.1 Å². The highest BCUT2D eigenvalue weighted by atomic mass is 19.1. The molecular weight excluding hydrogens is 389 g/mol. The molecule has 1 aliphatic heterocycles. The fraction of sp³-hybridized carbons (Fsp3) is 0.154. The molecule has 2 heterocycles. The maximum Gasteiger partial charge on any atom is 0.196 e. The van der Waals surface area contributed by atoms with E-state index >= 15 is 0 Å². The predicted molar refractivity (Wildman–Crippen MR) is 122 cm³/mol. The summed E-state index contributed by atoms with van der Waals surface area (Å²) >= 11 is 0. The Morgan fingerprint density at radius 1 is 0.806 bits per heavy atom. The molecule has 5 rings (SSSR count). The Morgan fingerprint density at radius 3 is 2.16 bits per heavy atom. The molecule has 1 aromatic heterocycles. The second kappa shape index (κ2) is 8.19. The molecule has 0 amide bonds. The average molecular weight is 411 g/mol. The van der Waals surface area contributed by atoms with Crippen molar-refractivity contribution in [3.05, 3.63) is 102 Å². The molecule has 1 fully saturated rings. The van der Waals surface area contributed by atoms with Crippen molar-refractivity contribution in [1.82, 2.24) is 4.98 Å². The third-order valence-corrected chi connectivity index (χ3v) is 5.80. The van der Waals surface area contributed by atoms with Gasteiger partial charge in [0.2, 0.25) is 0 Å². The molecule has 0 N–H and O–H groups in total. The monoisotopic (exact) mass is 411 g/mol. The second-order valence-corrected chi connectivity index (χ2v) is 7.69. The number of hydrogen-bond donors (Lipinski definition) is 0. The van der Waals surface area contributed by atoms with Gasteiger partial charge in [0.25, 0.3) is 0 Å². The first-order chi connectivity index (χ1) is 15.2. The first kappa shape index (κ1) is 19.2. The maximum absolute atomic E-state index is 14.2. The van der Waals surface area contributed by atoms with Crippen LogP contribution in [0.5, 0.6) is 0 Å². The van der Waals surface area contributed by atoms with Gasteiger partial charge in [0, 0.05) is 49.0 Å². The number of nitrogens with zero attached hydrogens (tertiary/aromatic N) is 3. The van der Waals surface area contributed by atoms with Crippen molar-refractivity contribution in [3.63, 3.8) is 0 Å². The number of para-hydroxylation sites is 1. The highest BCUT2D eigenvalue weighted by Crippen LogP contribution is 2.33. The van der Waals surface area contributed by atoms with Crippen LogP contribution in [0.4, 0.5) is 15.8 Å². The molecule has 31 heavy (non-hydrogen) atoms. The zero-order valence-corrected chi connectivity index (χ0v) is 17.0. The number of piperazine rings is 1. The molecular formula is C26H22FN3O. The molecule has 3 aromatic carbocycles. The van der Waals surface area contributed by atoms with E-state index in [4.69, 9.17) is 0 Å². The summed E-state index contributed by atoms with van der Waals surface area (Å²) in [5, 5.41) is 0.676. The Kier molecular flexibility index (Phi) is 5.08. The smallest absolute Gasteiger partial charge is 0.196 e. The van der Waals surface area contributed by atoms with Gasteiger partial charge < -0.3 is 9.80 Å². The van der Waals surface area contributed by atoms with E-state index in [1.807, 2.05) is 36.4 Å². The Labute approximate surface area is 180 Å². The number of fused-ring (bicyclic) bond motifs is 1. The topological polar surface area (TPSA) is 36.4 Å². The molecule has 154 valence electrons. The van der Waals surface area contributed by atoms with Crippen LogP contribution in [0, 0.1) is 5.82 Å². The van der Waals surface area contributed by atoms with Gasteiger partial charge in [-0.3, -0.25) is 9.78 Å². The largest absolute Gasteiger partial charge is 0.368 e. The van der Waals surface area contributed by atoms with Crippen molar-refractivity contribution in [2.75, 3.05) is 36.0 Å². The summed E-state index contributed by atoms with van der Waals surface area (Å²) in [5.74, 6) is -0.428. The number of ketones is 1. The van der Waals surface area contributed by atoms with Crippen LogP contribution in [-0.4, -0.2) is 36.9 Å².